The Morgan fingerprint density at radius 2 is 1.76 bits per heavy atom. The first-order valence-corrected chi connectivity index (χ1v) is 7.51. The van der Waals surface area contributed by atoms with Crippen molar-refractivity contribution in [3.63, 3.8) is 0 Å². The highest BCUT2D eigenvalue weighted by Gasteiger charge is 2.30. The van der Waals surface area contributed by atoms with Crippen molar-refractivity contribution < 1.29 is 8.42 Å². The molecule has 94 valence electrons. The second-order valence-electron chi connectivity index (χ2n) is 4.73. The van der Waals surface area contributed by atoms with Gasteiger partial charge in [0.15, 0.2) is 0 Å². The Balaban J connectivity index is 2.33. The SMILES string of the molecule is Cc1ccccc1S(=O)(=O)N(C)C1CCCC1. The van der Waals surface area contributed by atoms with Gasteiger partial charge in [0.05, 0.1) is 4.90 Å². The molecule has 4 heteroatoms. The maximum absolute atomic E-state index is 12.5. The standard InChI is InChI=1S/C13H19NO2S/c1-11-7-3-6-10-13(11)17(15,16)14(2)12-8-4-5-9-12/h3,6-7,10,12H,4-5,8-9H2,1-2H3. The fraction of sp³-hybridized carbons (Fsp3) is 0.538. The van der Waals surface area contributed by atoms with Crippen molar-refractivity contribution in [1.82, 2.24) is 4.31 Å². The highest BCUT2D eigenvalue weighted by Crippen LogP contribution is 2.28. The van der Waals surface area contributed by atoms with E-state index in [-0.39, 0.29) is 6.04 Å². The van der Waals surface area contributed by atoms with Crippen molar-refractivity contribution in [3.05, 3.63) is 29.8 Å². The summed E-state index contributed by atoms with van der Waals surface area (Å²) in [6.07, 6.45) is 4.25. The van der Waals surface area contributed by atoms with Crippen molar-refractivity contribution >= 4 is 10.0 Å². The largest absolute Gasteiger partial charge is 0.243 e. The molecular formula is C13H19NO2S. The van der Waals surface area contributed by atoms with Crippen LogP contribution in [0, 0.1) is 6.92 Å². The number of hydrogen-bond acceptors (Lipinski definition) is 2. The molecule has 1 aromatic carbocycles. The lowest BCUT2D eigenvalue weighted by Gasteiger charge is -2.24. The molecule has 0 bridgehead atoms. The first kappa shape index (κ1) is 12.6. The first-order chi connectivity index (χ1) is 8.03. The molecule has 1 saturated carbocycles. The van der Waals surface area contributed by atoms with Crippen LogP contribution in [0.5, 0.6) is 0 Å². The maximum Gasteiger partial charge on any atom is 0.243 e. The Morgan fingerprint density at radius 3 is 2.35 bits per heavy atom. The van der Waals surface area contributed by atoms with Gasteiger partial charge < -0.3 is 0 Å². The third kappa shape index (κ3) is 2.38. The van der Waals surface area contributed by atoms with Gasteiger partial charge in [-0.05, 0) is 31.4 Å². The van der Waals surface area contributed by atoms with Crippen LogP contribution in [-0.4, -0.2) is 25.8 Å². The predicted molar refractivity (Wildman–Crippen MR) is 68.4 cm³/mol. The van der Waals surface area contributed by atoms with Crippen molar-refractivity contribution in [2.75, 3.05) is 7.05 Å². The van der Waals surface area contributed by atoms with E-state index in [0.29, 0.717) is 4.90 Å². The van der Waals surface area contributed by atoms with E-state index >= 15 is 0 Å². The third-order valence-corrected chi connectivity index (χ3v) is 5.66. The molecule has 0 N–H and O–H groups in total. The Hall–Kier alpha value is -0.870. The van der Waals surface area contributed by atoms with Crippen molar-refractivity contribution in [3.8, 4) is 0 Å². The average molecular weight is 253 g/mol. The Labute approximate surface area is 104 Å². The third-order valence-electron chi connectivity index (χ3n) is 3.59. The molecular weight excluding hydrogens is 234 g/mol. The smallest absolute Gasteiger partial charge is 0.207 e. The van der Waals surface area contributed by atoms with Crippen molar-refractivity contribution in [2.24, 2.45) is 0 Å². The topological polar surface area (TPSA) is 37.4 Å². The summed E-state index contributed by atoms with van der Waals surface area (Å²) in [5.41, 5.74) is 0.817. The van der Waals surface area contributed by atoms with Crippen LogP contribution in [0.1, 0.15) is 31.2 Å². The number of sulfonamides is 1. The zero-order valence-electron chi connectivity index (χ0n) is 10.4. The number of rotatable bonds is 3. The van der Waals surface area contributed by atoms with Crippen molar-refractivity contribution in [1.29, 1.82) is 0 Å². The lowest BCUT2D eigenvalue weighted by Crippen LogP contribution is -2.35. The summed E-state index contributed by atoms with van der Waals surface area (Å²) in [6, 6.07) is 7.36. The van der Waals surface area contributed by atoms with Gasteiger partial charge in [0.1, 0.15) is 0 Å². The van der Waals surface area contributed by atoms with Crippen LogP contribution in [-0.2, 0) is 10.0 Å². The van der Waals surface area contributed by atoms with Crippen LogP contribution < -0.4 is 0 Å². The number of benzene rings is 1. The van der Waals surface area contributed by atoms with Crippen LogP contribution in [0.2, 0.25) is 0 Å². The fourth-order valence-electron chi connectivity index (χ4n) is 2.47. The van der Waals surface area contributed by atoms with E-state index < -0.39 is 10.0 Å². The lowest BCUT2D eigenvalue weighted by molar-refractivity contribution is 0.373. The van der Waals surface area contributed by atoms with Gasteiger partial charge in [0.25, 0.3) is 0 Å². The Kier molecular flexibility index (Phi) is 3.54. The minimum absolute atomic E-state index is 0.180. The minimum atomic E-state index is -3.32. The van der Waals surface area contributed by atoms with Crippen LogP contribution in [0.25, 0.3) is 0 Å². The molecule has 0 unspecified atom stereocenters. The normalized spacial score (nSPS) is 17.8. The Morgan fingerprint density at radius 1 is 1.18 bits per heavy atom. The average Bonchev–Trinajstić information content (AvgIpc) is 2.81. The molecule has 1 aliphatic rings. The zero-order valence-corrected chi connectivity index (χ0v) is 11.2. The molecule has 1 aromatic rings. The molecule has 2 rings (SSSR count). The first-order valence-electron chi connectivity index (χ1n) is 6.07. The van der Waals surface area contributed by atoms with E-state index in [1.54, 1.807) is 23.5 Å². The van der Waals surface area contributed by atoms with E-state index in [0.717, 1.165) is 31.2 Å². The summed E-state index contributed by atoms with van der Waals surface area (Å²) in [5, 5.41) is 0. The molecule has 0 spiro atoms. The fourth-order valence-corrected chi connectivity index (χ4v) is 4.10. The summed E-state index contributed by atoms with van der Waals surface area (Å²) in [6.45, 7) is 1.84. The maximum atomic E-state index is 12.5. The molecule has 0 saturated heterocycles. The van der Waals surface area contributed by atoms with E-state index in [2.05, 4.69) is 0 Å². The second kappa shape index (κ2) is 4.78. The highest BCUT2D eigenvalue weighted by atomic mass is 32.2. The molecule has 1 aliphatic carbocycles. The van der Waals surface area contributed by atoms with Crippen LogP contribution in [0.4, 0.5) is 0 Å². The quantitative estimate of drug-likeness (QED) is 0.830. The Bertz CT molecular complexity index is 490. The van der Waals surface area contributed by atoms with Gasteiger partial charge in [-0.25, -0.2) is 8.42 Å². The monoisotopic (exact) mass is 253 g/mol. The predicted octanol–water partition coefficient (Wildman–Crippen LogP) is 2.56. The van der Waals surface area contributed by atoms with E-state index in [1.165, 1.54) is 0 Å². The summed E-state index contributed by atoms with van der Waals surface area (Å²) in [4.78, 5) is 0.439. The molecule has 0 atom stereocenters. The summed E-state index contributed by atoms with van der Waals surface area (Å²) in [5.74, 6) is 0. The van der Waals surface area contributed by atoms with E-state index in [9.17, 15) is 8.42 Å². The zero-order chi connectivity index (χ0) is 12.5. The lowest BCUT2D eigenvalue weighted by atomic mass is 10.2. The molecule has 0 aliphatic heterocycles. The van der Waals surface area contributed by atoms with E-state index in [4.69, 9.17) is 0 Å². The molecule has 0 heterocycles. The van der Waals surface area contributed by atoms with Gasteiger partial charge in [0.2, 0.25) is 10.0 Å². The molecule has 0 aromatic heterocycles. The minimum Gasteiger partial charge on any atom is -0.207 e. The molecule has 3 nitrogen and oxygen atoms in total. The molecule has 0 amide bonds. The summed E-state index contributed by atoms with van der Waals surface area (Å²) >= 11 is 0. The van der Waals surface area contributed by atoms with Gasteiger partial charge in [-0.3, -0.25) is 0 Å². The summed E-state index contributed by atoms with van der Waals surface area (Å²) in [7, 11) is -1.61. The molecule has 0 radical (unpaired) electrons. The van der Waals surface area contributed by atoms with Gasteiger partial charge in [-0.1, -0.05) is 31.0 Å². The van der Waals surface area contributed by atoms with Crippen molar-refractivity contribution in [2.45, 2.75) is 43.5 Å². The molecule has 1 fully saturated rings. The number of nitrogens with zero attached hydrogens (tertiary/aromatic N) is 1. The number of hydrogen-bond donors (Lipinski definition) is 0. The number of aryl methyl sites for hydroxylation is 1. The van der Waals surface area contributed by atoms with Crippen LogP contribution >= 0.6 is 0 Å². The van der Waals surface area contributed by atoms with Crippen LogP contribution in [0.15, 0.2) is 29.2 Å². The molecule has 17 heavy (non-hydrogen) atoms. The van der Waals surface area contributed by atoms with E-state index in [1.807, 2.05) is 19.1 Å². The van der Waals surface area contributed by atoms with Gasteiger partial charge in [0, 0.05) is 13.1 Å². The van der Waals surface area contributed by atoms with Crippen LogP contribution in [0.3, 0.4) is 0 Å². The van der Waals surface area contributed by atoms with Gasteiger partial charge in [-0.15, -0.1) is 0 Å². The van der Waals surface area contributed by atoms with Gasteiger partial charge in [-0.2, -0.15) is 4.31 Å². The second-order valence-corrected chi connectivity index (χ2v) is 6.69. The summed E-state index contributed by atoms with van der Waals surface area (Å²) < 4.78 is 26.5. The van der Waals surface area contributed by atoms with Gasteiger partial charge >= 0.3 is 0 Å². The highest BCUT2D eigenvalue weighted by molar-refractivity contribution is 7.89.